The van der Waals surface area contributed by atoms with E-state index >= 15 is 0 Å². The Morgan fingerprint density at radius 3 is 2.07 bits per heavy atom. The van der Waals surface area contributed by atoms with Crippen molar-refractivity contribution >= 4 is 29.5 Å². The summed E-state index contributed by atoms with van der Waals surface area (Å²) in [6, 6.07) is 0. The lowest BCUT2D eigenvalue weighted by molar-refractivity contribution is -0.136. The Kier molecular flexibility index (Phi) is 7.68. The average Bonchev–Trinajstić information content (AvgIpc) is 3.18. The first-order chi connectivity index (χ1) is 13.0. The van der Waals surface area contributed by atoms with Gasteiger partial charge in [0.1, 0.15) is 0 Å². The van der Waals surface area contributed by atoms with Gasteiger partial charge in [-0.1, -0.05) is 6.08 Å². The van der Waals surface area contributed by atoms with Crippen LogP contribution in [-0.4, -0.2) is 85.1 Å². The van der Waals surface area contributed by atoms with Crippen molar-refractivity contribution in [1.29, 1.82) is 0 Å². The third-order valence-corrected chi connectivity index (χ3v) is 3.95. The highest BCUT2D eigenvalue weighted by Gasteiger charge is 2.22. The molecule has 0 aromatic heterocycles. The smallest absolute Gasteiger partial charge is 0.253 e. The molecule has 0 fully saturated rings. The van der Waals surface area contributed by atoms with Crippen molar-refractivity contribution < 1.29 is 24.0 Å². The number of imide groups is 1. The second-order valence-corrected chi connectivity index (χ2v) is 6.01. The Bertz CT molecular complexity index is 655. The highest BCUT2D eigenvalue weighted by molar-refractivity contribution is 6.12. The van der Waals surface area contributed by atoms with Crippen molar-refractivity contribution in [2.24, 2.45) is 0 Å². The number of carbonyl (C=O) groups is 5. The van der Waals surface area contributed by atoms with Gasteiger partial charge in [0.05, 0.1) is 13.1 Å². The van der Waals surface area contributed by atoms with E-state index in [1.165, 1.54) is 18.2 Å². The van der Waals surface area contributed by atoms with Crippen molar-refractivity contribution in [2.75, 3.05) is 45.8 Å². The van der Waals surface area contributed by atoms with Crippen molar-refractivity contribution in [3.05, 3.63) is 24.3 Å². The standard InChI is InChI=1S/C17H23N5O5/c23-13(19-6-2-9-22-16(26)4-5-17(22)27)11-18-12-14(24)20-7-10-21-8-1-3-15(21)25/h1,3-5,18H,2,6-12H2,(H,19,23)(H,20,24). The fraction of sp³-hybridized carbons (Fsp3) is 0.471. The van der Waals surface area contributed by atoms with Crippen LogP contribution in [0.15, 0.2) is 24.3 Å². The van der Waals surface area contributed by atoms with E-state index in [-0.39, 0.29) is 49.2 Å². The third kappa shape index (κ3) is 6.66. The van der Waals surface area contributed by atoms with Gasteiger partial charge in [0, 0.05) is 51.0 Å². The molecule has 2 rings (SSSR count). The SMILES string of the molecule is O=C(CNCC(=O)NCCN1CC=CC1=O)NCCCN1C(=O)C=CC1=O. The molecule has 5 amide bonds. The summed E-state index contributed by atoms with van der Waals surface area (Å²) in [6.45, 7) is 1.88. The molecular formula is C17H23N5O5. The largest absolute Gasteiger partial charge is 0.355 e. The first kappa shape index (κ1) is 20.3. The number of nitrogens with one attached hydrogen (secondary N) is 3. The molecule has 2 aliphatic heterocycles. The molecule has 10 heteroatoms. The number of hydrogen-bond donors (Lipinski definition) is 3. The Labute approximate surface area is 156 Å². The van der Waals surface area contributed by atoms with Crippen LogP contribution in [0.1, 0.15) is 6.42 Å². The molecule has 146 valence electrons. The van der Waals surface area contributed by atoms with Gasteiger partial charge in [-0.25, -0.2) is 0 Å². The summed E-state index contributed by atoms with van der Waals surface area (Å²) >= 11 is 0. The van der Waals surface area contributed by atoms with Gasteiger partial charge < -0.3 is 15.5 Å². The topological polar surface area (TPSA) is 128 Å². The van der Waals surface area contributed by atoms with Gasteiger partial charge in [-0.15, -0.1) is 0 Å². The molecule has 10 nitrogen and oxygen atoms in total. The maximum absolute atomic E-state index is 11.7. The lowest BCUT2D eigenvalue weighted by Crippen LogP contribution is -2.42. The molecule has 0 radical (unpaired) electrons. The average molecular weight is 377 g/mol. The molecule has 0 saturated carbocycles. The summed E-state index contributed by atoms with van der Waals surface area (Å²) in [5.41, 5.74) is 0. The second kappa shape index (κ2) is 10.2. The minimum atomic E-state index is -0.343. The Morgan fingerprint density at radius 2 is 1.48 bits per heavy atom. The Hall–Kier alpha value is -3.01. The zero-order valence-electron chi connectivity index (χ0n) is 14.9. The molecule has 0 aromatic carbocycles. The maximum atomic E-state index is 11.7. The molecule has 2 heterocycles. The fourth-order valence-corrected chi connectivity index (χ4v) is 2.54. The van der Waals surface area contributed by atoms with Crippen LogP contribution in [0.2, 0.25) is 0 Å². The van der Waals surface area contributed by atoms with Crippen LogP contribution in [0, 0.1) is 0 Å². The van der Waals surface area contributed by atoms with Gasteiger partial charge in [0.25, 0.3) is 11.8 Å². The molecule has 0 spiro atoms. The van der Waals surface area contributed by atoms with Crippen LogP contribution in [-0.2, 0) is 24.0 Å². The molecule has 0 aromatic rings. The zero-order valence-corrected chi connectivity index (χ0v) is 14.9. The second-order valence-electron chi connectivity index (χ2n) is 6.01. The number of carbonyl (C=O) groups excluding carboxylic acids is 5. The fourth-order valence-electron chi connectivity index (χ4n) is 2.54. The van der Waals surface area contributed by atoms with Gasteiger partial charge >= 0.3 is 0 Å². The van der Waals surface area contributed by atoms with E-state index in [4.69, 9.17) is 0 Å². The van der Waals surface area contributed by atoms with Gasteiger partial charge in [-0.2, -0.15) is 0 Å². The highest BCUT2D eigenvalue weighted by atomic mass is 16.2. The van der Waals surface area contributed by atoms with Gasteiger partial charge in [0.15, 0.2) is 0 Å². The Morgan fingerprint density at radius 1 is 0.852 bits per heavy atom. The van der Waals surface area contributed by atoms with Crippen LogP contribution in [0.25, 0.3) is 0 Å². The van der Waals surface area contributed by atoms with E-state index in [0.29, 0.717) is 32.6 Å². The first-order valence-corrected chi connectivity index (χ1v) is 8.70. The van der Waals surface area contributed by atoms with Crippen molar-refractivity contribution in [3.8, 4) is 0 Å². The maximum Gasteiger partial charge on any atom is 0.253 e. The molecule has 0 bridgehead atoms. The third-order valence-electron chi connectivity index (χ3n) is 3.95. The van der Waals surface area contributed by atoms with Crippen molar-refractivity contribution in [3.63, 3.8) is 0 Å². The zero-order chi connectivity index (χ0) is 19.6. The number of rotatable bonds is 11. The number of hydrogen-bond acceptors (Lipinski definition) is 6. The van der Waals surface area contributed by atoms with Crippen LogP contribution in [0.5, 0.6) is 0 Å². The van der Waals surface area contributed by atoms with Gasteiger partial charge in [0.2, 0.25) is 17.7 Å². The molecule has 0 saturated heterocycles. The molecule has 27 heavy (non-hydrogen) atoms. The lowest BCUT2D eigenvalue weighted by Gasteiger charge is -2.15. The molecule has 2 aliphatic rings. The monoisotopic (exact) mass is 377 g/mol. The molecule has 0 atom stereocenters. The summed E-state index contributed by atoms with van der Waals surface area (Å²) in [6.07, 6.45) is 6.16. The minimum absolute atomic E-state index is 0.0118. The van der Waals surface area contributed by atoms with Gasteiger partial charge in [-0.3, -0.25) is 34.2 Å². The molecule has 0 aliphatic carbocycles. The molecule has 0 unspecified atom stereocenters. The van der Waals surface area contributed by atoms with E-state index in [2.05, 4.69) is 16.0 Å². The summed E-state index contributed by atoms with van der Waals surface area (Å²) < 4.78 is 0. The van der Waals surface area contributed by atoms with E-state index < -0.39 is 0 Å². The van der Waals surface area contributed by atoms with Crippen LogP contribution in [0.3, 0.4) is 0 Å². The minimum Gasteiger partial charge on any atom is -0.355 e. The Balaban J connectivity index is 1.45. The summed E-state index contributed by atoms with van der Waals surface area (Å²) in [5, 5.41) is 8.03. The number of amides is 5. The van der Waals surface area contributed by atoms with E-state index in [1.807, 2.05) is 0 Å². The van der Waals surface area contributed by atoms with Crippen molar-refractivity contribution in [2.45, 2.75) is 6.42 Å². The van der Waals surface area contributed by atoms with E-state index in [9.17, 15) is 24.0 Å². The van der Waals surface area contributed by atoms with E-state index in [1.54, 1.807) is 11.0 Å². The summed E-state index contributed by atoms with van der Waals surface area (Å²) in [5.74, 6) is -1.29. The summed E-state index contributed by atoms with van der Waals surface area (Å²) in [4.78, 5) is 60.1. The van der Waals surface area contributed by atoms with Crippen LogP contribution >= 0.6 is 0 Å². The van der Waals surface area contributed by atoms with Crippen LogP contribution < -0.4 is 16.0 Å². The summed E-state index contributed by atoms with van der Waals surface area (Å²) in [7, 11) is 0. The highest BCUT2D eigenvalue weighted by Crippen LogP contribution is 2.03. The molecule has 3 N–H and O–H groups in total. The number of nitrogens with zero attached hydrogens (tertiary/aromatic N) is 2. The van der Waals surface area contributed by atoms with Gasteiger partial charge in [-0.05, 0) is 6.42 Å². The first-order valence-electron chi connectivity index (χ1n) is 8.70. The lowest BCUT2D eigenvalue weighted by atomic mass is 10.3. The van der Waals surface area contributed by atoms with Crippen LogP contribution in [0.4, 0.5) is 0 Å². The predicted octanol–water partition coefficient (Wildman–Crippen LogP) is -2.48. The normalized spacial score (nSPS) is 15.8. The quantitative estimate of drug-likeness (QED) is 0.270. The van der Waals surface area contributed by atoms with E-state index in [0.717, 1.165) is 4.90 Å². The molecular weight excluding hydrogens is 354 g/mol. The predicted molar refractivity (Wildman–Crippen MR) is 95.1 cm³/mol. The van der Waals surface area contributed by atoms with Crippen molar-refractivity contribution in [1.82, 2.24) is 25.8 Å².